The van der Waals surface area contributed by atoms with E-state index in [0.717, 1.165) is 39.3 Å². The van der Waals surface area contributed by atoms with Gasteiger partial charge in [-0.3, -0.25) is 4.98 Å². The van der Waals surface area contributed by atoms with Crippen molar-refractivity contribution in [3.8, 4) is 67.2 Å². The number of rotatable bonds is 6. The summed E-state index contributed by atoms with van der Waals surface area (Å²) in [5, 5.41) is 2.44. The first-order chi connectivity index (χ1) is 28.2. The second kappa shape index (κ2) is 13.7. The Kier molecular flexibility index (Phi) is 8.01. The SMILES string of the molecule is Cc1c(-c2ccccc2)cc(-c2ccccc2)nc1-c1ccc(-c2nccc3sc4ccc(-c5ccc(C6c7ccccc7-c7ccccc76)cc5)cc4c23)cc1. The Morgan fingerprint density at radius 2 is 1.02 bits per heavy atom. The third-order valence-corrected chi connectivity index (χ3v) is 12.8. The number of hydrogen-bond acceptors (Lipinski definition) is 3. The van der Waals surface area contributed by atoms with Gasteiger partial charge in [-0.25, -0.2) is 4.98 Å². The van der Waals surface area contributed by atoms with Gasteiger partial charge in [0, 0.05) is 49.0 Å². The molecule has 3 heterocycles. The van der Waals surface area contributed by atoms with Crippen LogP contribution in [-0.4, -0.2) is 9.97 Å². The average Bonchev–Trinajstić information content (AvgIpc) is 3.83. The molecule has 2 nitrogen and oxygen atoms in total. The van der Waals surface area contributed by atoms with Crippen molar-refractivity contribution in [3.05, 3.63) is 217 Å². The summed E-state index contributed by atoms with van der Waals surface area (Å²) < 4.78 is 2.51. The van der Waals surface area contributed by atoms with E-state index in [1.54, 1.807) is 0 Å². The van der Waals surface area contributed by atoms with Crippen molar-refractivity contribution in [2.45, 2.75) is 12.8 Å². The Morgan fingerprint density at radius 1 is 0.439 bits per heavy atom. The first kappa shape index (κ1) is 33.4. The van der Waals surface area contributed by atoms with Crippen LogP contribution in [0.1, 0.15) is 28.2 Å². The average molecular weight is 745 g/mol. The Morgan fingerprint density at radius 3 is 1.70 bits per heavy atom. The molecule has 3 heteroatoms. The van der Waals surface area contributed by atoms with Crippen LogP contribution in [0.5, 0.6) is 0 Å². The lowest BCUT2D eigenvalue weighted by Crippen LogP contribution is -1.98. The van der Waals surface area contributed by atoms with Gasteiger partial charge >= 0.3 is 0 Å². The van der Waals surface area contributed by atoms with Gasteiger partial charge in [0.2, 0.25) is 0 Å². The number of thiophene rings is 1. The standard InChI is InChI=1S/C54H36N2S/c1-34-46(36-12-4-2-5-13-36)33-48(37-14-6-3-7-15-37)56-53(34)39-24-26-40(27-25-39)54-52-47-32-41(28-29-49(47)57-50(52)30-31-55-54)35-20-22-38(23-21-35)51-44-18-10-8-16-42(44)43-17-9-11-19-45(43)51/h2-33,51H,1H3. The summed E-state index contributed by atoms with van der Waals surface area (Å²) in [5.74, 6) is 0.244. The molecule has 10 aromatic rings. The minimum Gasteiger partial charge on any atom is -0.256 e. The van der Waals surface area contributed by atoms with Crippen molar-refractivity contribution in [1.82, 2.24) is 9.97 Å². The van der Waals surface area contributed by atoms with Gasteiger partial charge in [0.1, 0.15) is 0 Å². The van der Waals surface area contributed by atoms with Crippen molar-refractivity contribution in [2.75, 3.05) is 0 Å². The molecule has 0 amide bonds. The van der Waals surface area contributed by atoms with Gasteiger partial charge in [0.15, 0.2) is 0 Å². The fraction of sp³-hybridized carbons (Fsp3) is 0.0370. The third-order valence-electron chi connectivity index (χ3n) is 11.7. The second-order valence-electron chi connectivity index (χ2n) is 14.9. The van der Waals surface area contributed by atoms with Gasteiger partial charge < -0.3 is 0 Å². The molecule has 1 aliphatic carbocycles. The fourth-order valence-corrected chi connectivity index (χ4v) is 9.94. The Hall–Kier alpha value is -6.94. The van der Waals surface area contributed by atoms with Crippen LogP contribution in [-0.2, 0) is 0 Å². The van der Waals surface area contributed by atoms with E-state index in [2.05, 4.69) is 189 Å². The van der Waals surface area contributed by atoms with E-state index in [1.165, 1.54) is 70.2 Å². The van der Waals surface area contributed by atoms with Gasteiger partial charge in [-0.05, 0) is 86.8 Å². The van der Waals surface area contributed by atoms with Gasteiger partial charge in [0.25, 0.3) is 0 Å². The second-order valence-corrected chi connectivity index (χ2v) is 16.0. The maximum absolute atomic E-state index is 5.26. The maximum Gasteiger partial charge on any atom is 0.0795 e. The van der Waals surface area contributed by atoms with Crippen molar-refractivity contribution in [2.24, 2.45) is 0 Å². The van der Waals surface area contributed by atoms with Crippen LogP contribution in [0.4, 0.5) is 0 Å². The highest BCUT2D eigenvalue weighted by atomic mass is 32.1. The van der Waals surface area contributed by atoms with Crippen LogP contribution < -0.4 is 0 Å². The number of nitrogens with zero attached hydrogens (tertiary/aromatic N) is 2. The van der Waals surface area contributed by atoms with E-state index in [0.29, 0.717) is 0 Å². The number of aromatic nitrogens is 2. The Balaban J connectivity index is 0.960. The zero-order valence-electron chi connectivity index (χ0n) is 31.4. The maximum atomic E-state index is 5.26. The molecule has 0 fully saturated rings. The van der Waals surface area contributed by atoms with Crippen LogP contribution >= 0.6 is 11.3 Å². The Bertz CT molecular complexity index is 3060. The van der Waals surface area contributed by atoms with Crippen molar-refractivity contribution < 1.29 is 0 Å². The molecule has 0 spiro atoms. The van der Waals surface area contributed by atoms with Gasteiger partial charge in [-0.2, -0.15) is 0 Å². The minimum atomic E-state index is 0.244. The molecule has 57 heavy (non-hydrogen) atoms. The van der Waals surface area contributed by atoms with Crippen LogP contribution in [0.25, 0.3) is 87.3 Å². The van der Waals surface area contributed by atoms with Crippen LogP contribution in [0.2, 0.25) is 0 Å². The number of hydrogen-bond donors (Lipinski definition) is 0. The third kappa shape index (κ3) is 5.70. The molecule has 3 aromatic heterocycles. The van der Waals surface area contributed by atoms with E-state index in [-0.39, 0.29) is 5.92 Å². The zero-order chi connectivity index (χ0) is 37.9. The highest BCUT2D eigenvalue weighted by Crippen LogP contribution is 2.48. The summed E-state index contributed by atoms with van der Waals surface area (Å²) >= 11 is 1.83. The van der Waals surface area contributed by atoms with Crippen molar-refractivity contribution in [3.63, 3.8) is 0 Å². The number of benzene rings is 7. The Labute approximate surface area is 336 Å². The highest BCUT2D eigenvalue weighted by Gasteiger charge is 2.29. The van der Waals surface area contributed by atoms with E-state index in [1.807, 2.05) is 23.6 Å². The summed E-state index contributed by atoms with van der Waals surface area (Å²) in [5.41, 5.74) is 19.0. The van der Waals surface area contributed by atoms with E-state index in [9.17, 15) is 0 Å². The fourth-order valence-electron chi connectivity index (χ4n) is 8.85. The summed E-state index contributed by atoms with van der Waals surface area (Å²) in [4.78, 5) is 10.3. The molecule has 0 atom stereocenters. The molecule has 11 rings (SSSR count). The molecule has 1 aliphatic rings. The molecule has 0 bridgehead atoms. The van der Waals surface area contributed by atoms with Crippen molar-refractivity contribution >= 4 is 31.5 Å². The number of pyridine rings is 2. The summed E-state index contributed by atoms with van der Waals surface area (Å²) in [7, 11) is 0. The first-order valence-corrected chi connectivity index (χ1v) is 20.3. The summed E-state index contributed by atoms with van der Waals surface area (Å²) in [6, 6.07) is 68.1. The summed E-state index contributed by atoms with van der Waals surface area (Å²) in [6.45, 7) is 2.19. The number of fused-ring (bicyclic) bond motifs is 6. The molecule has 7 aromatic carbocycles. The monoisotopic (exact) mass is 744 g/mol. The smallest absolute Gasteiger partial charge is 0.0795 e. The van der Waals surface area contributed by atoms with Gasteiger partial charge in [-0.15, -0.1) is 11.3 Å². The molecule has 0 saturated carbocycles. The van der Waals surface area contributed by atoms with E-state index < -0.39 is 0 Å². The first-order valence-electron chi connectivity index (χ1n) is 19.5. The van der Waals surface area contributed by atoms with E-state index >= 15 is 0 Å². The topological polar surface area (TPSA) is 25.8 Å². The quantitative estimate of drug-likeness (QED) is 0.169. The van der Waals surface area contributed by atoms with Gasteiger partial charge in [-0.1, -0.05) is 164 Å². The highest BCUT2D eigenvalue weighted by molar-refractivity contribution is 7.25. The van der Waals surface area contributed by atoms with Crippen LogP contribution in [0.15, 0.2) is 194 Å². The van der Waals surface area contributed by atoms with E-state index in [4.69, 9.17) is 9.97 Å². The molecule has 0 radical (unpaired) electrons. The molecular weight excluding hydrogens is 709 g/mol. The minimum absolute atomic E-state index is 0.244. The lowest BCUT2D eigenvalue weighted by molar-refractivity contribution is 1.02. The molecule has 268 valence electrons. The largest absolute Gasteiger partial charge is 0.256 e. The van der Waals surface area contributed by atoms with Crippen LogP contribution in [0, 0.1) is 6.92 Å². The predicted molar refractivity (Wildman–Crippen MR) is 240 cm³/mol. The predicted octanol–water partition coefficient (Wildman–Crippen LogP) is 14.6. The van der Waals surface area contributed by atoms with Crippen LogP contribution in [0.3, 0.4) is 0 Å². The molecule has 0 saturated heterocycles. The lowest BCUT2D eigenvalue weighted by Gasteiger charge is -2.15. The molecular formula is C54H36N2S. The molecule has 0 aliphatic heterocycles. The zero-order valence-corrected chi connectivity index (χ0v) is 32.2. The van der Waals surface area contributed by atoms with Crippen molar-refractivity contribution in [1.29, 1.82) is 0 Å². The molecule has 0 unspecified atom stereocenters. The normalized spacial score (nSPS) is 12.2. The van der Waals surface area contributed by atoms with Gasteiger partial charge in [0.05, 0.1) is 17.1 Å². The molecule has 0 N–H and O–H groups in total. The lowest BCUT2D eigenvalue weighted by atomic mass is 9.88. The summed E-state index contributed by atoms with van der Waals surface area (Å²) in [6.07, 6.45) is 1.95.